The first-order chi connectivity index (χ1) is 10.4. The third-order valence-electron chi connectivity index (χ3n) is 3.38. The molecule has 1 aromatic heterocycles. The van der Waals surface area contributed by atoms with E-state index in [1.54, 1.807) is 6.20 Å². The minimum absolute atomic E-state index is 0.0832. The molecule has 2 aromatic rings. The van der Waals surface area contributed by atoms with Crippen LogP contribution in [0.2, 0.25) is 10.0 Å². The Morgan fingerprint density at radius 3 is 2.45 bits per heavy atom. The fraction of sp³-hybridized carbons (Fsp3) is 0.400. The van der Waals surface area contributed by atoms with E-state index in [0.717, 1.165) is 25.2 Å². The number of aryl methyl sites for hydroxylation is 2. The van der Waals surface area contributed by atoms with Crippen molar-refractivity contribution in [3.05, 3.63) is 46.5 Å². The number of benzene rings is 1. The molecule has 120 valence electrons. The monoisotopic (exact) mass is 360 g/mol. The molecule has 7 heteroatoms. The van der Waals surface area contributed by atoms with Crippen LogP contribution in [0.1, 0.15) is 25.6 Å². The van der Waals surface area contributed by atoms with Crippen LogP contribution >= 0.6 is 23.2 Å². The van der Waals surface area contributed by atoms with Gasteiger partial charge in [0.15, 0.2) is 9.84 Å². The molecule has 0 spiro atoms. The first kappa shape index (κ1) is 17.3. The van der Waals surface area contributed by atoms with Crippen molar-refractivity contribution in [1.29, 1.82) is 0 Å². The summed E-state index contributed by atoms with van der Waals surface area (Å²) in [5.41, 5.74) is 0. The maximum absolute atomic E-state index is 12.3. The molecule has 0 aliphatic heterocycles. The summed E-state index contributed by atoms with van der Waals surface area (Å²) in [7, 11) is -3.36. The Morgan fingerprint density at radius 1 is 1.14 bits per heavy atom. The first-order valence-corrected chi connectivity index (χ1v) is 9.52. The van der Waals surface area contributed by atoms with Crippen molar-refractivity contribution in [3.8, 4) is 0 Å². The SMILES string of the molecule is CCc1nccn1CCCCS(=O)(=O)c1cc(Cl)cc(Cl)c1. The Kier molecular flexibility index (Phi) is 5.89. The van der Waals surface area contributed by atoms with Gasteiger partial charge in [0.25, 0.3) is 0 Å². The van der Waals surface area contributed by atoms with Crippen LogP contribution in [-0.4, -0.2) is 23.7 Å². The molecule has 0 N–H and O–H groups in total. The Balaban J connectivity index is 1.93. The van der Waals surface area contributed by atoms with Crippen LogP contribution in [0.5, 0.6) is 0 Å². The van der Waals surface area contributed by atoms with Crippen LogP contribution in [0, 0.1) is 0 Å². The van der Waals surface area contributed by atoms with Gasteiger partial charge in [-0.2, -0.15) is 0 Å². The standard InChI is InChI=1S/C15H18Cl2N2O2S/c1-2-15-18-5-7-19(15)6-3-4-8-22(20,21)14-10-12(16)9-13(17)11-14/h5,7,9-11H,2-4,6,8H2,1H3. The lowest BCUT2D eigenvalue weighted by Crippen LogP contribution is -2.09. The predicted octanol–water partition coefficient (Wildman–Crippen LogP) is 4.01. The van der Waals surface area contributed by atoms with Crippen molar-refractivity contribution in [1.82, 2.24) is 9.55 Å². The Morgan fingerprint density at radius 2 is 1.82 bits per heavy atom. The average Bonchev–Trinajstić information content (AvgIpc) is 2.90. The smallest absolute Gasteiger partial charge is 0.178 e. The molecule has 0 bridgehead atoms. The Labute approximate surface area is 141 Å². The zero-order chi connectivity index (χ0) is 16.2. The van der Waals surface area contributed by atoms with E-state index in [2.05, 4.69) is 9.55 Å². The highest BCUT2D eigenvalue weighted by Crippen LogP contribution is 2.23. The third-order valence-corrected chi connectivity index (χ3v) is 5.59. The normalized spacial score (nSPS) is 11.8. The third kappa shape index (κ3) is 4.48. The summed E-state index contributed by atoms with van der Waals surface area (Å²) in [4.78, 5) is 4.43. The molecule has 2 rings (SSSR count). The number of nitrogens with zero attached hydrogens (tertiary/aromatic N) is 2. The van der Waals surface area contributed by atoms with Gasteiger partial charge in [0.1, 0.15) is 5.82 Å². The summed E-state index contributed by atoms with van der Waals surface area (Å²) in [6.45, 7) is 2.82. The molecule has 0 amide bonds. The topological polar surface area (TPSA) is 52.0 Å². The van der Waals surface area contributed by atoms with Crippen LogP contribution in [-0.2, 0) is 22.8 Å². The minimum atomic E-state index is -3.36. The van der Waals surface area contributed by atoms with E-state index < -0.39 is 9.84 Å². The van der Waals surface area contributed by atoms with Crippen molar-refractivity contribution < 1.29 is 8.42 Å². The summed E-state index contributed by atoms with van der Waals surface area (Å²) in [5.74, 6) is 1.10. The Bertz CT molecular complexity index is 722. The van der Waals surface area contributed by atoms with E-state index in [0.29, 0.717) is 16.5 Å². The van der Waals surface area contributed by atoms with Gasteiger partial charge in [-0.15, -0.1) is 0 Å². The molecule has 0 unspecified atom stereocenters. The van der Waals surface area contributed by atoms with E-state index >= 15 is 0 Å². The molecule has 1 aromatic carbocycles. The van der Waals surface area contributed by atoms with Crippen molar-refractivity contribution in [3.63, 3.8) is 0 Å². The van der Waals surface area contributed by atoms with Gasteiger partial charge in [-0.3, -0.25) is 0 Å². The van der Waals surface area contributed by atoms with Gasteiger partial charge in [0.2, 0.25) is 0 Å². The van der Waals surface area contributed by atoms with Crippen LogP contribution in [0.3, 0.4) is 0 Å². The lowest BCUT2D eigenvalue weighted by molar-refractivity contribution is 0.577. The quantitative estimate of drug-likeness (QED) is 0.701. The highest BCUT2D eigenvalue weighted by atomic mass is 35.5. The van der Waals surface area contributed by atoms with Crippen molar-refractivity contribution in [2.45, 2.75) is 37.6 Å². The van der Waals surface area contributed by atoms with Crippen molar-refractivity contribution >= 4 is 33.0 Å². The highest BCUT2D eigenvalue weighted by Gasteiger charge is 2.15. The zero-order valence-corrected chi connectivity index (χ0v) is 14.6. The van der Waals surface area contributed by atoms with Crippen LogP contribution in [0.15, 0.2) is 35.5 Å². The van der Waals surface area contributed by atoms with E-state index in [4.69, 9.17) is 23.2 Å². The summed E-state index contributed by atoms with van der Waals surface area (Å²) >= 11 is 11.7. The van der Waals surface area contributed by atoms with Crippen LogP contribution in [0.25, 0.3) is 0 Å². The average molecular weight is 361 g/mol. The van der Waals surface area contributed by atoms with Gasteiger partial charge >= 0.3 is 0 Å². The van der Waals surface area contributed by atoms with E-state index in [9.17, 15) is 8.42 Å². The molecule has 0 aliphatic rings. The van der Waals surface area contributed by atoms with Gasteiger partial charge < -0.3 is 4.57 Å². The second-order valence-electron chi connectivity index (χ2n) is 5.02. The molecule has 0 saturated heterocycles. The van der Waals surface area contributed by atoms with E-state index in [-0.39, 0.29) is 10.6 Å². The fourth-order valence-corrected chi connectivity index (χ4v) is 4.35. The maximum Gasteiger partial charge on any atom is 0.178 e. The summed E-state index contributed by atoms with van der Waals surface area (Å²) < 4.78 is 26.6. The molecule has 0 radical (unpaired) electrons. The largest absolute Gasteiger partial charge is 0.335 e. The second kappa shape index (κ2) is 7.49. The first-order valence-electron chi connectivity index (χ1n) is 7.11. The van der Waals surface area contributed by atoms with Crippen LogP contribution in [0.4, 0.5) is 0 Å². The molecule has 0 fully saturated rings. The lowest BCUT2D eigenvalue weighted by Gasteiger charge is -2.08. The molecule has 0 aliphatic carbocycles. The summed E-state index contributed by atoms with van der Waals surface area (Å²) in [6.07, 6.45) is 5.91. The number of halogens is 2. The molecule has 0 saturated carbocycles. The van der Waals surface area contributed by atoms with Gasteiger partial charge in [-0.1, -0.05) is 30.1 Å². The lowest BCUT2D eigenvalue weighted by atomic mass is 10.3. The fourth-order valence-electron chi connectivity index (χ4n) is 2.26. The number of imidazole rings is 1. The number of hydrogen-bond donors (Lipinski definition) is 0. The number of aromatic nitrogens is 2. The second-order valence-corrected chi connectivity index (χ2v) is 8.00. The Hall–Kier alpha value is -1.04. The van der Waals surface area contributed by atoms with Crippen molar-refractivity contribution in [2.24, 2.45) is 0 Å². The van der Waals surface area contributed by atoms with Gasteiger partial charge in [0, 0.05) is 35.4 Å². The number of sulfone groups is 1. The highest BCUT2D eigenvalue weighted by molar-refractivity contribution is 7.91. The van der Waals surface area contributed by atoms with E-state index in [1.807, 2.05) is 13.1 Å². The molecule has 0 atom stereocenters. The summed E-state index contributed by atoms with van der Waals surface area (Å²) in [5, 5.41) is 0.661. The summed E-state index contributed by atoms with van der Waals surface area (Å²) in [6, 6.07) is 4.40. The van der Waals surface area contributed by atoms with Gasteiger partial charge in [0.05, 0.1) is 10.6 Å². The molecular weight excluding hydrogens is 343 g/mol. The van der Waals surface area contributed by atoms with Gasteiger partial charge in [-0.25, -0.2) is 13.4 Å². The number of unbranched alkanes of at least 4 members (excludes halogenated alkanes) is 1. The molecular formula is C15H18Cl2N2O2S. The van der Waals surface area contributed by atoms with Crippen molar-refractivity contribution in [2.75, 3.05) is 5.75 Å². The van der Waals surface area contributed by atoms with Gasteiger partial charge in [-0.05, 0) is 31.0 Å². The molecule has 22 heavy (non-hydrogen) atoms. The number of hydrogen-bond acceptors (Lipinski definition) is 3. The molecule has 4 nitrogen and oxygen atoms in total. The zero-order valence-electron chi connectivity index (χ0n) is 12.3. The minimum Gasteiger partial charge on any atom is -0.335 e. The number of rotatable bonds is 7. The predicted molar refractivity (Wildman–Crippen MR) is 89.4 cm³/mol. The maximum atomic E-state index is 12.3. The van der Waals surface area contributed by atoms with Crippen LogP contribution < -0.4 is 0 Å². The molecule has 1 heterocycles. The van der Waals surface area contributed by atoms with E-state index in [1.165, 1.54) is 18.2 Å².